The molecular weight excluding hydrogens is 184 g/mol. The van der Waals surface area contributed by atoms with Crippen molar-refractivity contribution in [2.24, 2.45) is 0 Å². The first-order valence-electron chi connectivity index (χ1n) is 4.55. The molecule has 4 heteroatoms. The van der Waals surface area contributed by atoms with E-state index in [1.165, 1.54) is 6.92 Å². The highest BCUT2D eigenvalue weighted by Crippen LogP contribution is 2.04. The van der Waals surface area contributed by atoms with E-state index in [4.69, 9.17) is 5.11 Å². The molecule has 0 heterocycles. The average molecular weight is 200 g/mol. The third-order valence-electron chi connectivity index (χ3n) is 1.46. The Hall–Kier alpha value is -1.05. The van der Waals surface area contributed by atoms with Gasteiger partial charge in [-0.05, 0) is 20.3 Å². The van der Waals surface area contributed by atoms with Crippen LogP contribution in [0.25, 0.3) is 0 Å². The molecule has 0 aromatic rings. The standard InChI is InChI=1S/C10H16O4/c1-3-14-9(12)10(2,13)7-5-4-6-8-11/h11,13H,3-4,6,8H2,1-2H3. The molecule has 1 atom stereocenters. The number of carbonyl (C=O) groups excluding carboxylic acids is 1. The molecule has 0 spiro atoms. The normalized spacial score (nSPS) is 13.7. The fourth-order valence-electron chi connectivity index (χ4n) is 0.725. The Bertz CT molecular complexity index is 234. The van der Waals surface area contributed by atoms with Crippen molar-refractivity contribution < 1.29 is 19.7 Å². The van der Waals surface area contributed by atoms with Gasteiger partial charge < -0.3 is 14.9 Å². The predicted molar refractivity (Wildman–Crippen MR) is 51.4 cm³/mol. The molecule has 0 rings (SSSR count). The lowest BCUT2D eigenvalue weighted by atomic mass is 10.1. The molecule has 2 N–H and O–H groups in total. The third kappa shape index (κ3) is 4.85. The van der Waals surface area contributed by atoms with Crippen molar-refractivity contribution in [1.82, 2.24) is 0 Å². The van der Waals surface area contributed by atoms with E-state index in [0.717, 1.165) is 0 Å². The first-order chi connectivity index (χ1) is 6.54. The Balaban J connectivity index is 4.15. The molecule has 0 aromatic carbocycles. The van der Waals surface area contributed by atoms with Gasteiger partial charge >= 0.3 is 5.97 Å². The second-order valence-electron chi connectivity index (χ2n) is 2.92. The van der Waals surface area contributed by atoms with Gasteiger partial charge in [-0.15, -0.1) is 0 Å². The fraction of sp³-hybridized carbons (Fsp3) is 0.700. The largest absolute Gasteiger partial charge is 0.463 e. The van der Waals surface area contributed by atoms with Crippen molar-refractivity contribution in [3.8, 4) is 11.8 Å². The van der Waals surface area contributed by atoms with Crippen LogP contribution in [0, 0.1) is 11.8 Å². The maximum absolute atomic E-state index is 11.1. The van der Waals surface area contributed by atoms with Crippen LogP contribution in [-0.2, 0) is 9.53 Å². The molecule has 0 aliphatic heterocycles. The van der Waals surface area contributed by atoms with Crippen molar-refractivity contribution in [3.63, 3.8) is 0 Å². The van der Waals surface area contributed by atoms with Gasteiger partial charge in [-0.25, -0.2) is 4.79 Å². The number of ether oxygens (including phenoxy) is 1. The molecule has 0 aromatic heterocycles. The Morgan fingerprint density at radius 2 is 2.21 bits per heavy atom. The second kappa shape index (κ2) is 6.41. The molecule has 0 bridgehead atoms. The van der Waals surface area contributed by atoms with Crippen LogP contribution in [-0.4, -0.2) is 35.0 Å². The summed E-state index contributed by atoms with van der Waals surface area (Å²) < 4.78 is 4.62. The summed E-state index contributed by atoms with van der Waals surface area (Å²) in [6.45, 7) is 3.22. The van der Waals surface area contributed by atoms with Gasteiger partial charge in [-0.3, -0.25) is 0 Å². The maximum atomic E-state index is 11.1. The molecular formula is C10H16O4. The zero-order valence-electron chi connectivity index (χ0n) is 8.54. The third-order valence-corrected chi connectivity index (χ3v) is 1.46. The van der Waals surface area contributed by atoms with Gasteiger partial charge in [-0.1, -0.05) is 11.8 Å². The number of unbranched alkanes of at least 4 members (excludes halogenated alkanes) is 1. The monoisotopic (exact) mass is 200 g/mol. The lowest BCUT2D eigenvalue weighted by molar-refractivity contribution is -0.157. The lowest BCUT2D eigenvalue weighted by Crippen LogP contribution is -2.35. The summed E-state index contributed by atoms with van der Waals surface area (Å²) in [5.74, 6) is 4.26. The summed E-state index contributed by atoms with van der Waals surface area (Å²) in [5, 5.41) is 18.0. The SMILES string of the molecule is CCOC(=O)C(C)(O)C#CCCCO. The first-order valence-corrected chi connectivity index (χ1v) is 4.55. The fourth-order valence-corrected chi connectivity index (χ4v) is 0.725. The van der Waals surface area contributed by atoms with Gasteiger partial charge in [-0.2, -0.15) is 0 Å². The molecule has 0 saturated carbocycles. The lowest BCUT2D eigenvalue weighted by Gasteiger charge is -2.13. The number of hydrogen-bond donors (Lipinski definition) is 2. The topological polar surface area (TPSA) is 66.8 Å². The van der Waals surface area contributed by atoms with Gasteiger partial charge in [0.2, 0.25) is 5.60 Å². The smallest absolute Gasteiger partial charge is 0.350 e. The minimum atomic E-state index is -1.74. The second-order valence-corrected chi connectivity index (χ2v) is 2.92. The number of hydrogen-bond acceptors (Lipinski definition) is 4. The van der Waals surface area contributed by atoms with Crippen LogP contribution in [0.2, 0.25) is 0 Å². The molecule has 80 valence electrons. The van der Waals surface area contributed by atoms with Crippen LogP contribution in [0.4, 0.5) is 0 Å². The van der Waals surface area contributed by atoms with Crippen LogP contribution >= 0.6 is 0 Å². The van der Waals surface area contributed by atoms with E-state index in [9.17, 15) is 9.90 Å². The Labute approximate surface area is 83.9 Å². The van der Waals surface area contributed by atoms with Crippen LogP contribution in [0.1, 0.15) is 26.7 Å². The van der Waals surface area contributed by atoms with Crippen LogP contribution in [0.3, 0.4) is 0 Å². The van der Waals surface area contributed by atoms with E-state index in [2.05, 4.69) is 16.6 Å². The van der Waals surface area contributed by atoms with Crippen molar-refractivity contribution in [2.45, 2.75) is 32.3 Å². The molecule has 1 unspecified atom stereocenters. The summed E-state index contributed by atoms with van der Waals surface area (Å²) in [4.78, 5) is 11.1. The van der Waals surface area contributed by atoms with E-state index in [-0.39, 0.29) is 13.2 Å². The highest BCUT2D eigenvalue weighted by Gasteiger charge is 2.29. The van der Waals surface area contributed by atoms with Crippen LogP contribution in [0.15, 0.2) is 0 Å². The van der Waals surface area contributed by atoms with Crippen molar-refractivity contribution in [2.75, 3.05) is 13.2 Å². The van der Waals surface area contributed by atoms with Gasteiger partial charge in [0.05, 0.1) is 6.61 Å². The average Bonchev–Trinajstić information content (AvgIpc) is 2.13. The van der Waals surface area contributed by atoms with Crippen molar-refractivity contribution >= 4 is 5.97 Å². The quantitative estimate of drug-likeness (QED) is 0.383. The highest BCUT2D eigenvalue weighted by molar-refractivity contribution is 5.82. The Kier molecular flexibility index (Phi) is 5.93. The number of aliphatic hydroxyl groups excluding tert-OH is 1. The minimum absolute atomic E-state index is 0.0518. The van der Waals surface area contributed by atoms with Crippen LogP contribution < -0.4 is 0 Å². The molecule has 4 nitrogen and oxygen atoms in total. The van der Waals surface area contributed by atoms with E-state index in [1.807, 2.05) is 0 Å². The molecule has 0 amide bonds. The predicted octanol–water partition coefficient (Wildman–Crippen LogP) is 0.0764. The van der Waals surface area contributed by atoms with E-state index >= 15 is 0 Å². The van der Waals surface area contributed by atoms with Gasteiger partial charge in [0.15, 0.2) is 0 Å². The zero-order chi connectivity index (χ0) is 11.0. The van der Waals surface area contributed by atoms with Gasteiger partial charge in [0.1, 0.15) is 0 Å². The molecule has 0 radical (unpaired) electrons. The molecule has 0 fully saturated rings. The van der Waals surface area contributed by atoms with Crippen molar-refractivity contribution in [3.05, 3.63) is 0 Å². The minimum Gasteiger partial charge on any atom is -0.463 e. The first kappa shape index (κ1) is 12.9. The van der Waals surface area contributed by atoms with Crippen LogP contribution in [0.5, 0.6) is 0 Å². The molecule has 0 aliphatic rings. The van der Waals surface area contributed by atoms with E-state index < -0.39 is 11.6 Å². The molecule has 0 aliphatic carbocycles. The van der Waals surface area contributed by atoms with Crippen molar-refractivity contribution in [1.29, 1.82) is 0 Å². The number of esters is 1. The number of aliphatic hydroxyl groups is 2. The van der Waals surface area contributed by atoms with Gasteiger partial charge in [0.25, 0.3) is 0 Å². The summed E-state index contributed by atoms with van der Waals surface area (Å²) in [7, 11) is 0. The zero-order valence-corrected chi connectivity index (χ0v) is 8.54. The Morgan fingerprint density at radius 3 is 2.71 bits per heavy atom. The Morgan fingerprint density at radius 1 is 1.57 bits per heavy atom. The number of carbonyl (C=O) groups is 1. The molecule has 0 saturated heterocycles. The molecule has 14 heavy (non-hydrogen) atoms. The summed E-state index contributed by atoms with van der Waals surface area (Å²) in [6.07, 6.45) is 0.984. The summed E-state index contributed by atoms with van der Waals surface area (Å²) in [5.41, 5.74) is -1.74. The summed E-state index contributed by atoms with van der Waals surface area (Å²) in [6, 6.07) is 0. The highest BCUT2D eigenvalue weighted by atomic mass is 16.5. The summed E-state index contributed by atoms with van der Waals surface area (Å²) >= 11 is 0. The van der Waals surface area contributed by atoms with Gasteiger partial charge in [0, 0.05) is 13.0 Å². The van der Waals surface area contributed by atoms with E-state index in [1.54, 1.807) is 6.92 Å². The van der Waals surface area contributed by atoms with E-state index in [0.29, 0.717) is 12.8 Å². The number of rotatable bonds is 4. The maximum Gasteiger partial charge on any atom is 0.350 e.